The van der Waals surface area contributed by atoms with Crippen LogP contribution in [0, 0.1) is 0 Å². The Kier molecular flexibility index (Phi) is 7.03. The number of benzene rings is 1. The second kappa shape index (κ2) is 9.24. The first-order valence-corrected chi connectivity index (χ1v) is 8.43. The van der Waals surface area contributed by atoms with Crippen molar-refractivity contribution in [2.24, 2.45) is 0 Å². The molecule has 0 aromatic heterocycles. The molecule has 2 atom stereocenters. The summed E-state index contributed by atoms with van der Waals surface area (Å²) in [6.07, 6.45) is 2.82. The minimum Gasteiger partial charge on any atom is -0.493 e. The Labute approximate surface area is 153 Å². The van der Waals surface area contributed by atoms with E-state index in [1.54, 1.807) is 43.4 Å². The molecule has 0 spiro atoms. The van der Waals surface area contributed by atoms with Crippen molar-refractivity contribution < 1.29 is 28.5 Å². The average molecular weight is 363 g/mol. The normalized spacial score (nSPS) is 20.1. The maximum Gasteiger partial charge on any atom is 0.331 e. The van der Waals surface area contributed by atoms with E-state index in [9.17, 15) is 9.59 Å². The highest BCUT2D eigenvalue weighted by molar-refractivity contribution is 5.89. The molecule has 7 nitrogen and oxygen atoms in total. The maximum absolute atomic E-state index is 12.2. The van der Waals surface area contributed by atoms with Crippen molar-refractivity contribution in [2.45, 2.75) is 26.1 Å². The summed E-state index contributed by atoms with van der Waals surface area (Å²) >= 11 is 0. The van der Waals surface area contributed by atoms with Gasteiger partial charge in [-0.1, -0.05) is 6.07 Å². The smallest absolute Gasteiger partial charge is 0.331 e. The number of amides is 1. The molecular formula is C19H25NO6. The molecule has 1 aliphatic heterocycles. The molecule has 0 bridgehead atoms. The number of ether oxygens (including phenoxy) is 4. The molecule has 142 valence electrons. The molecule has 1 aliphatic rings. The molecule has 1 fully saturated rings. The molecule has 1 saturated heterocycles. The number of morpholine rings is 1. The van der Waals surface area contributed by atoms with Gasteiger partial charge in [0.2, 0.25) is 0 Å². The topological polar surface area (TPSA) is 74.3 Å². The molecule has 0 radical (unpaired) electrons. The number of rotatable bonds is 6. The fourth-order valence-electron chi connectivity index (χ4n) is 2.77. The van der Waals surface area contributed by atoms with Crippen molar-refractivity contribution in [1.29, 1.82) is 0 Å². The quantitative estimate of drug-likeness (QED) is 0.568. The molecule has 0 aliphatic carbocycles. The van der Waals surface area contributed by atoms with Crippen LogP contribution in [0.25, 0.3) is 6.08 Å². The fraction of sp³-hybridized carbons (Fsp3) is 0.474. The lowest BCUT2D eigenvalue weighted by molar-refractivity contribution is -0.154. The second-order valence-electron chi connectivity index (χ2n) is 6.11. The van der Waals surface area contributed by atoms with Crippen LogP contribution in [0.2, 0.25) is 0 Å². The van der Waals surface area contributed by atoms with E-state index in [0.717, 1.165) is 5.56 Å². The number of methoxy groups -OCH3 is 2. The van der Waals surface area contributed by atoms with E-state index >= 15 is 0 Å². The van der Waals surface area contributed by atoms with Crippen molar-refractivity contribution in [3.63, 3.8) is 0 Å². The van der Waals surface area contributed by atoms with Crippen LogP contribution in [0.3, 0.4) is 0 Å². The van der Waals surface area contributed by atoms with E-state index in [-0.39, 0.29) is 24.7 Å². The van der Waals surface area contributed by atoms with E-state index in [4.69, 9.17) is 18.9 Å². The summed E-state index contributed by atoms with van der Waals surface area (Å²) in [7, 11) is 3.09. The molecule has 1 amide bonds. The molecule has 7 heteroatoms. The third kappa shape index (κ3) is 5.49. The number of nitrogens with zero attached hydrogens (tertiary/aromatic N) is 1. The highest BCUT2D eigenvalue weighted by Gasteiger charge is 2.26. The van der Waals surface area contributed by atoms with Crippen molar-refractivity contribution in [3.05, 3.63) is 29.8 Å². The van der Waals surface area contributed by atoms with Gasteiger partial charge in [0.05, 0.1) is 26.4 Å². The standard InChI is InChI=1S/C19H25NO6/c1-13-10-20(11-14(2)26-13)18(21)12-25-19(22)8-6-15-5-7-16(23-3)17(9-15)24-4/h5-9,13-14H,10-12H2,1-4H3/b8-6+/t13-,14-/m0/s1. The first kappa shape index (κ1) is 19.8. The lowest BCUT2D eigenvalue weighted by Gasteiger charge is -2.35. The van der Waals surface area contributed by atoms with Crippen LogP contribution in [0.4, 0.5) is 0 Å². The van der Waals surface area contributed by atoms with Crippen LogP contribution in [0.15, 0.2) is 24.3 Å². The Morgan fingerprint density at radius 1 is 1.15 bits per heavy atom. The van der Waals surface area contributed by atoms with Crippen LogP contribution in [-0.4, -0.2) is 62.9 Å². The third-order valence-corrected chi connectivity index (χ3v) is 3.93. The zero-order valence-corrected chi connectivity index (χ0v) is 15.6. The van der Waals surface area contributed by atoms with E-state index in [0.29, 0.717) is 24.6 Å². The largest absolute Gasteiger partial charge is 0.493 e. The zero-order chi connectivity index (χ0) is 19.1. The van der Waals surface area contributed by atoms with Gasteiger partial charge in [-0.3, -0.25) is 4.79 Å². The minimum atomic E-state index is -0.581. The first-order chi connectivity index (χ1) is 12.4. The Morgan fingerprint density at radius 2 is 1.81 bits per heavy atom. The van der Waals surface area contributed by atoms with E-state index in [2.05, 4.69) is 0 Å². The average Bonchev–Trinajstić information content (AvgIpc) is 2.63. The minimum absolute atomic E-state index is 0.0247. The molecule has 2 rings (SSSR count). The summed E-state index contributed by atoms with van der Waals surface area (Å²) < 4.78 is 21.0. The molecule has 1 heterocycles. The van der Waals surface area contributed by atoms with Crippen LogP contribution >= 0.6 is 0 Å². The number of carbonyl (C=O) groups is 2. The lowest BCUT2D eigenvalue weighted by Crippen LogP contribution is -2.49. The Bertz CT molecular complexity index is 662. The van der Waals surface area contributed by atoms with Gasteiger partial charge in [-0.15, -0.1) is 0 Å². The number of hydrogen-bond acceptors (Lipinski definition) is 6. The number of hydrogen-bond donors (Lipinski definition) is 0. The summed E-state index contributed by atoms with van der Waals surface area (Å²) in [4.78, 5) is 25.7. The molecule has 0 unspecified atom stereocenters. The number of esters is 1. The first-order valence-electron chi connectivity index (χ1n) is 8.43. The summed E-state index contributed by atoms with van der Waals surface area (Å²) in [5.74, 6) is 0.364. The fourth-order valence-corrected chi connectivity index (χ4v) is 2.77. The molecule has 1 aromatic carbocycles. The van der Waals surface area contributed by atoms with Gasteiger partial charge in [0, 0.05) is 19.2 Å². The SMILES string of the molecule is COc1ccc(/C=C/C(=O)OCC(=O)N2C[C@H](C)O[C@@H](C)C2)cc1OC. The highest BCUT2D eigenvalue weighted by atomic mass is 16.5. The van der Waals surface area contributed by atoms with Gasteiger partial charge in [0.25, 0.3) is 5.91 Å². The highest BCUT2D eigenvalue weighted by Crippen LogP contribution is 2.27. The predicted molar refractivity (Wildman–Crippen MR) is 96.1 cm³/mol. The Morgan fingerprint density at radius 3 is 2.42 bits per heavy atom. The van der Waals surface area contributed by atoms with Crippen molar-refractivity contribution in [1.82, 2.24) is 4.90 Å². The van der Waals surface area contributed by atoms with E-state index in [1.807, 2.05) is 13.8 Å². The predicted octanol–water partition coefficient (Wildman–Crippen LogP) is 1.90. The maximum atomic E-state index is 12.2. The van der Waals surface area contributed by atoms with Gasteiger partial charge in [-0.2, -0.15) is 0 Å². The summed E-state index contributed by atoms with van der Waals surface area (Å²) in [6, 6.07) is 5.27. The van der Waals surface area contributed by atoms with Gasteiger partial charge in [0.15, 0.2) is 18.1 Å². The Hall–Kier alpha value is -2.54. The molecule has 0 saturated carbocycles. The van der Waals surface area contributed by atoms with Crippen LogP contribution in [0.5, 0.6) is 11.5 Å². The monoisotopic (exact) mass is 363 g/mol. The van der Waals surface area contributed by atoms with Gasteiger partial charge in [0.1, 0.15) is 0 Å². The van der Waals surface area contributed by atoms with Crippen LogP contribution in [0.1, 0.15) is 19.4 Å². The molecular weight excluding hydrogens is 338 g/mol. The third-order valence-electron chi connectivity index (χ3n) is 3.93. The van der Waals surface area contributed by atoms with Crippen molar-refractivity contribution in [2.75, 3.05) is 33.9 Å². The Balaban J connectivity index is 1.86. The lowest BCUT2D eigenvalue weighted by atomic mass is 10.2. The molecule has 1 aromatic rings. The van der Waals surface area contributed by atoms with Gasteiger partial charge in [-0.05, 0) is 37.6 Å². The van der Waals surface area contributed by atoms with Crippen molar-refractivity contribution in [3.8, 4) is 11.5 Å². The zero-order valence-electron chi connectivity index (χ0n) is 15.6. The van der Waals surface area contributed by atoms with Crippen LogP contribution < -0.4 is 9.47 Å². The molecule has 26 heavy (non-hydrogen) atoms. The van der Waals surface area contributed by atoms with Gasteiger partial charge in [-0.25, -0.2) is 4.79 Å². The van der Waals surface area contributed by atoms with Crippen LogP contribution in [-0.2, 0) is 19.1 Å². The second-order valence-corrected chi connectivity index (χ2v) is 6.11. The van der Waals surface area contributed by atoms with Gasteiger partial charge >= 0.3 is 5.97 Å². The van der Waals surface area contributed by atoms with Gasteiger partial charge < -0.3 is 23.8 Å². The molecule has 0 N–H and O–H groups in total. The summed E-state index contributed by atoms with van der Waals surface area (Å²) in [5.41, 5.74) is 0.752. The summed E-state index contributed by atoms with van der Waals surface area (Å²) in [6.45, 7) is 4.54. The summed E-state index contributed by atoms with van der Waals surface area (Å²) in [5, 5.41) is 0. The van der Waals surface area contributed by atoms with Crippen molar-refractivity contribution >= 4 is 18.0 Å². The van der Waals surface area contributed by atoms with E-state index in [1.165, 1.54) is 6.08 Å². The van der Waals surface area contributed by atoms with E-state index < -0.39 is 5.97 Å². The number of carbonyl (C=O) groups excluding carboxylic acids is 2.